The fraction of sp³-hybridized carbons (Fsp3) is 0.882. The smallest absolute Gasteiger partial charge is 0.114 e. The first-order chi connectivity index (χ1) is 10.7. The van der Waals surface area contributed by atoms with Crippen LogP contribution in [-0.2, 0) is 9.47 Å². The maximum absolute atomic E-state index is 9.84. The lowest BCUT2D eigenvalue weighted by Gasteiger charge is -2.20. The van der Waals surface area contributed by atoms with Crippen LogP contribution in [0.2, 0.25) is 0 Å². The van der Waals surface area contributed by atoms with Crippen LogP contribution in [0, 0.1) is 0 Å². The molecule has 130 valence electrons. The minimum atomic E-state index is -1.04. The Morgan fingerprint density at radius 3 is 2.55 bits per heavy atom. The van der Waals surface area contributed by atoms with Crippen LogP contribution in [0.15, 0.2) is 12.2 Å². The molecule has 1 rings (SSSR count). The summed E-state index contributed by atoms with van der Waals surface area (Å²) in [6.45, 7) is 2.93. The molecule has 0 aliphatic carbocycles. The minimum Gasteiger partial charge on any atom is -0.388 e. The van der Waals surface area contributed by atoms with E-state index in [9.17, 15) is 15.3 Å². The van der Waals surface area contributed by atoms with E-state index < -0.39 is 24.4 Å². The molecule has 3 N–H and O–H groups in total. The number of allylic oxidation sites excluding steroid dienone is 1. The number of hydrogen-bond acceptors (Lipinski definition) is 5. The van der Waals surface area contributed by atoms with Crippen LogP contribution in [0.1, 0.15) is 51.9 Å². The molecule has 0 bridgehead atoms. The van der Waals surface area contributed by atoms with Gasteiger partial charge in [0.2, 0.25) is 0 Å². The van der Waals surface area contributed by atoms with Crippen LogP contribution in [0.25, 0.3) is 0 Å². The van der Waals surface area contributed by atoms with Crippen molar-refractivity contribution in [3.05, 3.63) is 12.2 Å². The summed E-state index contributed by atoms with van der Waals surface area (Å²) in [5, 5.41) is 28.8. The molecule has 4 atom stereocenters. The largest absolute Gasteiger partial charge is 0.388 e. The number of hydrogen-bond donors (Lipinski definition) is 3. The normalized spacial score (nSPS) is 26.8. The van der Waals surface area contributed by atoms with Crippen molar-refractivity contribution >= 4 is 0 Å². The number of unbranched alkanes of at least 4 members (excludes halogenated alkanes) is 5. The fourth-order valence-electron chi connectivity index (χ4n) is 2.52. The molecule has 1 saturated heterocycles. The SMILES string of the molecule is CCCCCCC/C=C/CCOC[C@@H](O)[C@H]1OC[C@H](O)[C@H]1O. The van der Waals surface area contributed by atoms with Crippen LogP contribution < -0.4 is 0 Å². The number of aliphatic hydroxyl groups is 3. The predicted octanol–water partition coefficient (Wildman–Crippen LogP) is 1.79. The molecule has 1 heterocycles. The molecule has 0 aromatic carbocycles. The van der Waals surface area contributed by atoms with Crippen molar-refractivity contribution in [2.75, 3.05) is 19.8 Å². The molecule has 0 spiro atoms. The third kappa shape index (κ3) is 7.70. The summed E-state index contributed by atoms with van der Waals surface area (Å²) in [6.07, 6.45) is 9.10. The van der Waals surface area contributed by atoms with Gasteiger partial charge in [-0.3, -0.25) is 0 Å². The fourth-order valence-corrected chi connectivity index (χ4v) is 2.52. The van der Waals surface area contributed by atoms with Crippen molar-refractivity contribution < 1.29 is 24.8 Å². The number of rotatable bonds is 12. The van der Waals surface area contributed by atoms with Crippen LogP contribution in [0.4, 0.5) is 0 Å². The molecule has 0 unspecified atom stereocenters. The molecule has 0 aromatic heterocycles. The average molecular weight is 316 g/mol. The maximum atomic E-state index is 9.84. The van der Waals surface area contributed by atoms with Gasteiger partial charge < -0.3 is 24.8 Å². The Kier molecular flexibility index (Phi) is 10.7. The van der Waals surface area contributed by atoms with E-state index >= 15 is 0 Å². The van der Waals surface area contributed by atoms with Gasteiger partial charge in [0.25, 0.3) is 0 Å². The summed E-state index contributed by atoms with van der Waals surface area (Å²) in [7, 11) is 0. The van der Waals surface area contributed by atoms with Gasteiger partial charge in [-0.2, -0.15) is 0 Å². The van der Waals surface area contributed by atoms with Gasteiger partial charge in [0.1, 0.15) is 24.4 Å². The molecule has 1 aliphatic rings. The summed E-state index contributed by atoms with van der Waals surface area (Å²) in [6, 6.07) is 0. The zero-order chi connectivity index (χ0) is 16.2. The molecule has 0 saturated carbocycles. The second-order valence-corrected chi connectivity index (χ2v) is 5.96. The molecule has 1 aliphatic heterocycles. The van der Waals surface area contributed by atoms with Gasteiger partial charge >= 0.3 is 0 Å². The Bertz CT molecular complexity index is 295. The molecule has 5 heteroatoms. The third-order valence-corrected chi connectivity index (χ3v) is 3.93. The van der Waals surface area contributed by atoms with Crippen LogP contribution in [0.3, 0.4) is 0 Å². The van der Waals surface area contributed by atoms with E-state index in [1.54, 1.807) is 0 Å². The van der Waals surface area contributed by atoms with Crippen molar-refractivity contribution in [1.82, 2.24) is 0 Å². The second kappa shape index (κ2) is 12.0. The topological polar surface area (TPSA) is 79.2 Å². The van der Waals surface area contributed by atoms with Crippen molar-refractivity contribution in [3.63, 3.8) is 0 Å². The highest BCUT2D eigenvalue weighted by Gasteiger charge is 2.39. The van der Waals surface area contributed by atoms with Crippen molar-refractivity contribution in [2.45, 2.75) is 76.3 Å². The standard InChI is InChI=1S/C17H32O5/c1-2-3-4-5-6-7-8-9-10-11-21-12-15(19)17-16(20)14(18)13-22-17/h8-9,14-20H,2-7,10-13H2,1H3/b9-8+/t14-,15+,16+,17+/m0/s1. The van der Waals surface area contributed by atoms with Crippen molar-refractivity contribution in [2.24, 2.45) is 0 Å². The van der Waals surface area contributed by atoms with E-state index in [2.05, 4.69) is 19.1 Å². The summed E-state index contributed by atoms with van der Waals surface area (Å²) < 4.78 is 10.5. The van der Waals surface area contributed by atoms with Crippen LogP contribution >= 0.6 is 0 Å². The van der Waals surface area contributed by atoms with Gasteiger partial charge in [-0.05, 0) is 19.3 Å². The molecule has 0 radical (unpaired) electrons. The van der Waals surface area contributed by atoms with Crippen molar-refractivity contribution in [3.8, 4) is 0 Å². The lowest BCUT2D eigenvalue weighted by Crippen LogP contribution is -2.40. The number of aliphatic hydroxyl groups excluding tert-OH is 3. The van der Waals surface area contributed by atoms with Gasteiger partial charge in [-0.15, -0.1) is 0 Å². The zero-order valence-electron chi connectivity index (χ0n) is 13.7. The van der Waals surface area contributed by atoms with E-state index in [0.29, 0.717) is 6.61 Å². The lowest BCUT2D eigenvalue weighted by molar-refractivity contribution is -0.0806. The minimum absolute atomic E-state index is 0.0594. The Labute approximate surface area is 133 Å². The first-order valence-corrected chi connectivity index (χ1v) is 8.55. The van der Waals surface area contributed by atoms with Gasteiger partial charge in [0.15, 0.2) is 0 Å². The average Bonchev–Trinajstić information content (AvgIpc) is 2.84. The quantitative estimate of drug-likeness (QED) is 0.378. The van der Waals surface area contributed by atoms with Crippen molar-refractivity contribution in [1.29, 1.82) is 0 Å². The summed E-state index contributed by atoms with van der Waals surface area (Å²) in [4.78, 5) is 0. The first-order valence-electron chi connectivity index (χ1n) is 8.55. The maximum Gasteiger partial charge on any atom is 0.114 e. The second-order valence-electron chi connectivity index (χ2n) is 5.96. The van der Waals surface area contributed by atoms with Gasteiger partial charge in [-0.25, -0.2) is 0 Å². The Balaban J connectivity index is 1.94. The van der Waals surface area contributed by atoms with Crippen LogP contribution in [-0.4, -0.2) is 59.6 Å². The van der Waals surface area contributed by atoms with Crippen LogP contribution in [0.5, 0.6) is 0 Å². The molecular formula is C17H32O5. The van der Waals surface area contributed by atoms with Gasteiger partial charge in [-0.1, -0.05) is 44.8 Å². The zero-order valence-corrected chi connectivity index (χ0v) is 13.7. The molecule has 0 amide bonds. The van der Waals surface area contributed by atoms with E-state index in [4.69, 9.17) is 9.47 Å². The lowest BCUT2D eigenvalue weighted by atomic mass is 10.1. The monoisotopic (exact) mass is 316 g/mol. The Hall–Kier alpha value is -0.460. The van der Waals surface area contributed by atoms with Gasteiger partial charge in [0, 0.05) is 0 Å². The molecular weight excluding hydrogens is 284 g/mol. The van der Waals surface area contributed by atoms with E-state index in [0.717, 1.165) is 12.8 Å². The molecule has 22 heavy (non-hydrogen) atoms. The van der Waals surface area contributed by atoms with E-state index in [1.807, 2.05) is 0 Å². The Morgan fingerprint density at radius 2 is 1.86 bits per heavy atom. The highest BCUT2D eigenvalue weighted by Crippen LogP contribution is 2.17. The number of ether oxygens (including phenoxy) is 2. The molecule has 1 fully saturated rings. The third-order valence-electron chi connectivity index (χ3n) is 3.93. The van der Waals surface area contributed by atoms with E-state index in [1.165, 1.54) is 32.1 Å². The summed E-state index contributed by atoms with van der Waals surface area (Å²) >= 11 is 0. The van der Waals surface area contributed by atoms with E-state index in [-0.39, 0.29) is 13.2 Å². The first kappa shape index (κ1) is 19.6. The molecule has 0 aromatic rings. The Morgan fingerprint density at radius 1 is 1.14 bits per heavy atom. The van der Waals surface area contributed by atoms with Gasteiger partial charge in [0.05, 0.1) is 19.8 Å². The highest BCUT2D eigenvalue weighted by molar-refractivity contribution is 4.88. The highest BCUT2D eigenvalue weighted by atomic mass is 16.5. The predicted molar refractivity (Wildman–Crippen MR) is 85.7 cm³/mol. The summed E-state index contributed by atoms with van der Waals surface area (Å²) in [5.74, 6) is 0. The summed E-state index contributed by atoms with van der Waals surface area (Å²) in [5.41, 5.74) is 0. The molecule has 5 nitrogen and oxygen atoms in total.